The Kier molecular flexibility index (Phi) is 5.36. The van der Waals surface area contributed by atoms with Gasteiger partial charge in [-0.15, -0.1) is 0 Å². The first-order chi connectivity index (χ1) is 10.0. The molecule has 1 aliphatic heterocycles. The minimum absolute atomic E-state index is 0.0456. The Morgan fingerprint density at radius 2 is 2.33 bits per heavy atom. The molecular formula is C15H26N4O2. The molecule has 21 heavy (non-hydrogen) atoms. The van der Waals surface area contributed by atoms with Gasteiger partial charge in [-0.2, -0.15) is 5.10 Å². The van der Waals surface area contributed by atoms with Crippen LogP contribution in [-0.4, -0.2) is 42.1 Å². The summed E-state index contributed by atoms with van der Waals surface area (Å²) in [7, 11) is 1.72. The number of nitrogens with zero attached hydrogens (tertiary/aromatic N) is 3. The van der Waals surface area contributed by atoms with Crippen LogP contribution < -0.4 is 16.2 Å². The largest absolute Gasteiger partial charge is 0.380 e. The molecule has 1 saturated heterocycles. The van der Waals surface area contributed by atoms with Crippen molar-refractivity contribution in [1.82, 2.24) is 9.78 Å². The normalized spacial score (nSPS) is 21.5. The van der Waals surface area contributed by atoms with E-state index < -0.39 is 0 Å². The molecule has 2 rings (SSSR count). The molecule has 6 heteroatoms. The van der Waals surface area contributed by atoms with E-state index in [-0.39, 0.29) is 17.7 Å². The monoisotopic (exact) mass is 294 g/mol. The summed E-state index contributed by atoms with van der Waals surface area (Å²) in [5.41, 5.74) is 6.88. The Labute approximate surface area is 125 Å². The minimum atomic E-state index is -0.0906. The van der Waals surface area contributed by atoms with Gasteiger partial charge in [0.15, 0.2) is 0 Å². The van der Waals surface area contributed by atoms with E-state index in [4.69, 9.17) is 10.5 Å². The Hall–Kier alpha value is -1.40. The molecule has 0 aliphatic carbocycles. The zero-order valence-electron chi connectivity index (χ0n) is 13.2. The van der Waals surface area contributed by atoms with E-state index in [0.29, 0.717) is 12.5 Å². The maximum absolute atomic E-state index is 12.2. The van der Waals surface area contributed by atoms with Gasteiger partial charge in [-0.3, -0.25) is 4.79 Å². The first-order valence-corrected chi connectivity index (χ1v) is 7.65. The number of aromatic nitrogens is 2. The van der Waals surface area contributed by atoms with Crippen LogP contribution in [0.25, 0.3) is 0 Å². The van der Waals surface area contributed by atoms with Gasteiger partial charge in [-0.05, 0) is 12.3 Å². The maximum Gasteiger partial charge on any atom is 0.268 e. The molecule has 1 fully saturated rings. The van der Waals surface area contributed by atoms with E-state index in [1.807, 2.05) is 0 Å². The molecule has 0 saturated carbocycles. The third-order valence-corrected chi connectivity index (χ3v) is 4.46. The highest BCUT2D eigenvalue weighted by Crippen LogP contribution is 2.19. The van der Waals surface area contributed by atoms with E-state index in [1.165, 1.54) is 4.68 Å². The van der Waals surface area contributed by atoms with E-state index in [1.54, 1.807) is 19.4 Å². The topological polar surface area (TPSA) is 73.4 Å². The molecule has 1 aromatic heterocycles. The fourth-order valence-electron chi connectivity index (χ4n) is 2.57. The average molecular weight is 294 g/mol. The number of rotatable bonds is 6. The molecule has 2 N–H and O–H groups in total. The highest BCUT2D eigenvalue weighted by molar-refractivity contribution is 5.44. The predicted octanol–water partition coefficient (Wildman–Crippen LogP) is 0.842. The predicted molar refractivity (Wildman–Crippen MR) is 83.6 cm³/mol. The molecule has 3 unspecified atom stereocenters. The van der Waals surface area contributed by atoms with Gasteiger partial charge in [-0.1, -0.05) is 20.3 Å². The van der Waals surface area contributed by atoms with E-state index >= 15 is 0 Å². The van der Waals surface area contributed by atoms with Crippen LogP contribution >= 0.6 is 0 Å². The maximum atomic E-state index is 12.2. The number of nitrogens with two attached hydrogens (primary N) is 1. The molecule has 118 valence electrons. The summed E-state index contributed by atoms with van der Waals surface area (Å²) in [6.07, 6.45) is 3.98. The van der Waals surface area contributed by atoms with Gasteiger partial charge < -0.3 is 15.4 Å². The smallest absolute Gasteiger partial charge is 0.268 e. The lowest BCUT2D eigenvalue weighted by Crippen LogP contribution is -2.37. The fraction of sp³-hybridized carbons (Fsp3) is 0.733. The summed E-state index contributed by atoms with van der Waals surface area (Å²) in [5.74, 6) is 0.374. The molecule has 1 aromatic rings. The molecule has 3 atom stereocenters. The first kappa shape index (κ1) is 16.0. The zero-order valence-corrected chi connectivity index (χ0v) is 13.2. The van der Waals surface area contributed by atoms with E-state index in [2.05, 4.69) is 23.8 Å². The van der Waals surface area contributed by atoms with Gasteiger partial charge in [0.2, 0.25) is 0 Å². The SMILES string of the molecule is CCC(C)C(N)Cn1ncc(N2CCC(OC)C2)cc1=O. The van der Waals surface area contributed by atoms with Crippen molar-refractivity contribution in [3.05, 3.63) is 22.6 Å². The Balaban J connectivity index is 2.06. The summed E-state index contributed by atoms with van der Waals surface area (Å²) in [4.78, 5) is 14.3. The summed E-state index contributed by atoms with van der Waals surface area (Å²) in [6, 6.07) is 1.60. The van der Waals surface area contributed by atoms with Crippen molar-refractivity contribution in [3.8, 4) is 0 Å². The summed E-state index contributed by atoms with van der Waals surface area (Å²) in [5, 5.41) is 4.27. The summed E-state index contributed by atoms with van der Waals surface area (Å²) >= 11 is 0. The number of anilines is 1. The van der Waals surface area contributed by atoms with Crippen molar-refractivity contribution in [1.29, 1.82) is 0 Å². The number of hydrogen-bond donors (Lipinski definition) is 1. The lowest BCUT2D eigenvalue weighted by Gasteiger charge is -2.20. The first-order valence-electron chi connectivity index (χ1n) is 7.65. The van der Waals surface area contributed by atoms with Crippen molar-refractivity contribution in [2.75, 3.05) is 25.1 Å². The van der Waals surface area contributed by atoms with Crippen LogP contribution in [0.2, 0.25) is 0 Å². The van der Waals surface area contributed by atoms with Crippen molar-refractivity contribution >= 4 is 5.69 Å². The molecule has 0 spiro atoms. The minimum Gasteiger partial charge on any atom is -0.380 e. The van der Waals surface area contributed by atoms with Crippen LogP contribution in [0.3, 0.4) is 0 Å². The number of ether oxygens (including phenoxy) is 1. The van der Waals surface area contributed by atoms with E-state index in [0.717, 1.165) is 31.6 Å². The van der Waals surface area contributed by atoms with Crippen molar-refractivity contribution < 1.29 is 4.74 Å². The van der Waals surface area contributed by atoms with Crippen LogP contribution in [0.1, 0.15) is 26.7 Å². The average Bonchev–Trinajstić information content (AvgIpc) is 2.97. The highest BCUT2D eigenvalue weighted by atomic mass is 16.5. The lowest BCUT2D eigenvalue weighted by molar-refractivity contribution is 0.121. The van der Waals surface area contributed by atoms with Crippen molar-refractivity contribution in [2.45, 2.75) is 45.4 Å². The Morgan fingerprint density at radius 3 is 2.90 bits per heavy atom. The van der Waals surface area contributed by atoms with Crippen LogP contribution in [-0.2, 0) is 11.3 Å². The summed E-state index contributed by atoms with van der Waals surface area (Å²) in [6.45, 7) is 6.38. The third kappa shape index (κ3) is 3.83. The van der Waals surface area contributed by atoms with Gasteiger partial charge in [0, 0.05) is 32.3 Å². The summed E-state index contributed by atoms with van der Waals surface area (Å²) < 4.78 is 6.81. The fourth-order valence-corrected chi connectivity index (χ4v) is 2.57. The second-order valence-corrected chi connectivity index (χ2v) is 5.88. The Bertz CT molecular complexity index is 517. The molecule has 0 bridgehead atoms. The molecule has 0 amide bonds. The van der Waals surface area contributed by atoms with Crippen LogP contribution in [0, 0.1) is 5.92 Å². The molecule has 1 aliphatic rings. The number of methoxy groups -OCH3 is 1. The van der Waals surface area contributed by atoms with Crippen LogP contribution in [0.15, 0.2) is 17.1 Å². The van der Waals surface area contributed by atoms with Crippen LogP contribution in [0.5, 0.6) is 0 Å². The third-order valence-electron chi connectivity index (χ3n) is 4.46. The van der Waals surface area contributed by atoms with Gasteiger partial charge >= 0.3 is 0 Å². The van der Waals surface area contributed by atoms with Crippen molar-refractivity contribution in [3.63, 3.8) is 0 Å². The van der Waals surface area contributed by atoms with Gasteiger partial charge in [0.25, 0.3) is 5.56 Å². The van der Waals surface area contributed by atoms with Gasteiger partial charge in [0.05, 0.1) is 24.5 Å². The second kappa shape index (κ2) is 7.04. The van der Waals surface area contributed by atoms with Crippen LogP contribution in [0.4, 0.5) is 5.69 Å². The molecular weight excluding hydrogens is 268 g/mol. The van der Waals surface area contributed by atoms with Gasteiger partial charge in [-0.25, -0.2) is 4.68 Å². The van der Waals surface area contributed by atoms with Crippen molar-refractivity contribution in [2.24, 2.45) is 11.7 Å². The van der Waals surface area contributed by atoms with Gasteiger partial charge in [0.1, 0.15) is 0 Å². The molecule has 6 nitrogen and oxygen atoms in total. The number of hydrogen-bond acceptors (Lipinski definition) is 5. The second-order valence-electron chi connectivity index (χ2n) is 5.88. The molecule has 0 aromatic carbocycles. The Morgan fingerprint density at radius 1 is 1.57 bits per heavy atom. The molecule has 0 radical (unpaired) electrons. The zero-order chi connectivity index (χ0) is 15.4. The highest BCUT2D eigenvalue weighted by Gasteiger charge is 2.23. The van der Waals surface area contributed by atoms with E-state index in [9.17, 15) is 4.79 Å². The standard InChI is InChI=1S/C15H26N4O2/c1-4-11(2)14(16)10-19-15(20)7-12(8-17-19)18-6-5-13(9-18)21-3/h7-8,11,13-14H,4-6,9-10,16H2,1-3H3. The molecule has 2 heterocycles. The quantitative estimate of drug-likeness (QED) is 0.841. The lowest BCUT2D eigenvalue weighted by atomic mass is 10.0.